The van der Waals surface area contributed by atoms with Gasteiger partial charge >= 0.3 is 5.97 Å². The predicted octanol–water partition coefficient (Wildman–Crippen LogP) is 5.13. The van der Waals surface area contributed by atoms with Gasteiger partial charge in [-0.05, 0) is 44.0 Å². The van der Waals surface area contributed by atoms with Gasteiger partial charge in [0, 0.05) is 23.1 Å². The van der Waals surface area contributed by atoms with Crippen molar-refractivity contribution in [1.82, 2.24) is 0 Å². The van der Waals surface area contributed by atoms with Gasteiger partial charge in [-0.1, -0.05) is 23.8 Å². The highest BCUT2D eigenvalue weighted by Crippen LogP contribution is 2.38. The van der Waals surface area contributed by atoms with Gasteiger partial charge < -0.3 is 14.8 Å². The lowest BCUT2D eigenvalue weighted by Gasteiger charge is -2.11. The quantitative estimate of drug-likeness (QED) is 0.287. The van der Waals surface area contributed by atoms with Crippen molar-refractivity contribution in [3.05, 3.63) is 74.6 Å². The molecule has 3 rings (SSSR count). The van der Waals surface area contributed by atoms with Crippen LogP contribution in [0, 0.1) is 24.0 Å². The van der Waals surface area contributed by atoms with Crippen molar-refractivity contribution in [2.45, 2.75) is 20.8 Å². The van der Waals surface area contributed by atoms with E-state index >= 15 is 0 Å². The summed E-state index contributed by atoms with van der Waals surface area (Å²) in [6.45, 7) is 5.56. The number of non-ortho nitro benzene ring substituents is 1. The molecule has 9 heteroatoms. The summed E-state index contributed by atoms with van der Waals surface area (Å²) < 4.78 is 10.6. The molecule has 0 unspecified atom stereocenters. The third-order valence-corrected chi connectivity index (χ3v) is 5.51. The van der Waals surface area contributed by atoms with Crippen LogP contribution in [0.4, 0.5) is 10.7 Å². The summed E-state index contributed by atoms with van der Waals surface area (Å²) in [4.78, 5) is 35.4. The van der Waals surface area contributed by atoms with Crippen molar-refractivity contribution in [3.8, 4) is 16.9 Å². The number of thiophene rings is 1. The monoisotopic (exact) mass is 454 g/mol. The van der Waals surface area contributed by atoms with Crippen molar-refractivity contribution in [3.63, 3.8) is 0 Å². The largest absolute Gasteiger partial charge is 0.484 e. The first-order valence-electron chi connectivity index (χ1n) is 9.83. The van der Waals surface area contributed by atoms with Crippen LogP contribution in [0.25, 0.3) is 11.1 Å². The highest BCUT2D eigenvalue weighted by Gasteiger charge is 2.23. The number of hydrogen-bond acceptors (Lipinski definition) is 7. The molecule has 8 nitrogen and oxygen atoms in total. The fraction of sp³-hybridized carbons (Fsp3) is 0.217. The Balaban J connectivity index is 1.79. The molecule has 1 N–H and O–H groups in total. The van der Waals surface area contributed by atoms with Gasteiger partial charge in [0.2, 0.25) is 0 Å². The fourth-order valence-electron chi connectivity index (χ4n) is 3.15. The molecule has 0 bridgehead atoms. The number of nitro benzene ring substituents is 1. The Morgan fingerprint density at radius 3 is 2.44 bits per heavy atom. The van der Waals surface area contributed by atoms with Gasteiger partial charge in [-0.15, -0.1) is 11.3 Å². The number of rotatable bonds is 8. The van der Waals surface area contributed by atoms with E-state index in [4.69, 9.17) is 9.47 Å². The van der Waals surface area contributed by atoms with Crippen LogP contribution < -0.4 is 10.1 Å². The minimum atomic E-state index is -0.518. The van der Waals surface area contributed by atoms with E-state index in [1.165, 1.54) is 35.6 Å². The summed E-state index contributed by atoms with van der Waals surface area (Å²) in [5.74, 6) is -0.670. The number of anilines is 1. The van der Waals surface area contributed by atoms with E-state index in [2.05, 4.69) is 5.32 Å². The smallest absolute Gasteiger partial charge is 0.341 e. The number of esters is 1. The molecule has 1 amide bonds. The second-order valence-electron chi connectivity index (χ2n) is 6.98. The van der Waals surface area contributed by atoms with Crippen molar-refractivity contribution in [2.75, 3.05) is 18.5 Å². The van der Waals surface area contributed by atoms with Gasteiger partial charge in [0.1, 0.15) is 16.3 Å². The Labute approximate surface area is 188 Å². The minimum absolute atomic E-state index is 0.0709. The molecule has 0 spiro atoms. The topological polar surface area (TPSA) is 108 Å². The molecule has 1 heterocycles. The highest BCUT2D eigenvalue weighted by atomic mass is 32.1. The van der Waals surface area contributed by atoms with E-state index in [1.54, 1.807) is 6.92 Å². The third kappa shape index (κ3) is 5.30. The lowest BCUT2D eigenvalue weighted by atomic mass is 9.97. The zero-order chi connectivity index (χ0) is 23.3. The number of carbonyl (C=O) groups excluding carboxylic acids is 2. The molecule has 166 valence electrons. The van der Waals surface area contributed by atoms with Crippen LogP contribution in [0.15, 0.2) is 47.8 Å². The van der Waals surface area contributed by atoms with E-state index in [1.807, 2.05) is 37.4 Å². The van der Waals surface area contributed by atoms with Crippen LogP contribution in [-0.4, -0.2) is 30.0 Å². The molecule has 0 saturated carbocycles. The number of nitro groups is 1. The summed E-state index contributed by atoms with van der Waals surface area (Å²) in [6.07, 6.45) is 0. The number of ether oxygens (including phenoxy) is 2. The van der Waals surface area contributed by atoms with Crippen LogP contribution in [0.2, 0.25) is 0 Å². The van der Waals surface area contributed by atoms with Gasteiger partial charge in [0.15, 0.2) is 6.61 Å². The Kier molecular flexibility index (Phi) is 7.21. The van der Waals surface area contributed by atoms with E-state index in [0.29, 0.717) is 21.9 Å². The average molecular weight is 455 g/mol. The van der Waals surface area contributed by atoms with E-state index in [9.17, 15) is 19.7 Å². The number of carbonyl (C=O) groups is 2. The normalized spacial score (nSPS) is 10.5. The van der Waals surface area contributed by atoms with E-state index in [-0.39, 0.29) is 18.9 Å². The maximum atomic E-state index is 12.7. The molecule has 1 aromatic heterocycles. The van der Waals surface area contributed by atoms with Crippen LogP contribution in [0.1, 0.15) is 28.4 Å². The van der Waals surface area contributed by atoms with Gasteiger partial charge in [-0.3, -0.25) is 14.9 Å². The van der Waals surface area contributed by atoms with Crippen LogP contribution in [0.5, 0.6) is 5.75 Å². The fourth-order valence-corrected chi connectivity index (χ4v) is 4.11. The maximum absolute atomic E-state index is 12.7. The number of benzene rings is 2. The van der Waals surface area contributed by atoms with Crippen molar-refractivity contribution in [1.29, 1.82) is 0 Å². The first kappa shape index (κ1) is 23.0. The van der Waals surface area contributed by atoms with Crippen molar-refractivity contribution < 1.29 is 24.0 Å². The maximum Gasteiger partial charge on any atom is 0.341 e. The number of nitrogens with zero attached hydrogens (tertiary/aromatic N) is 1. The Morgan fingerprint density at radius 1 is 1.09 bits per heavy atom. The molecule has 0 saturated heterocycles. The van der Waals surface area contributed by atoms with Gasteiger partial charge in [-0.2, -0.15) is 0 Å². The first-order chi connectivity index (χ1) is 15.3. The molecule has 3 aromatic rings. The highest BCUT2D eigenvalue weighted by molar-refractivity contribution is 7.15. The summed E-state index contributed by atoms with van der Waals surface area (Å²) in [6, 6.07) is 11.4. The summed E-state index contributed by atoms with van der Waals surface area (Å²) in [5.41, 5.74) is 3.92. The van der Waals surface area contributed by atoms with Crippen molar-refractivity contribution in [2.24, 2.45) is 0 Å². The summed E-state index contributed by atoms with van der Waals surface area (Å²) >= 11 is 1.23. The van der Waals surface area contributed by atoms with Crippen LogP contribution in [0.3, 0.4) is 0 Å². The second kappa shape index (κ2) is 10.1. The van der Waals surface area contributed by atoms with Gasteiger partial charge in [0.05, 0.1) is 11.5 Å². The minimum Gasteiger partial charge on any atom is -0.484 e. The SMILES string of the molecule is CCOC(=O)c1c(-c2ccc(C)cc2C)csc1NC(=O)COc1ccc([N+](=O)[O-])cc1. The number of nitrogens with one attached hydrogen (secondary N) is 1. The number of aryl methyl sites for hydroxylation is 2. The van der Waals surface area contributed by atoms with Gasteiger partial charge in [0.25, 0.3) is 11.6 Å². The molecule has 32 heavy (non-hydrogen) atoms. The summed E-state index contributed by atoms with van der Waals surface area (Å²) in [5, 5.41) is 15.6. The van der Waals surface area contributed by atoms with E-state index in [0.717, 1.165) is 16.7 Å². The molecule has 0 aliphatic heterocycles. The third-order valence-electron chi connectivity index (χ3n) is 4.61. The molecule has 0 aliphatic carbocycles. The second-order valence-corrected chi connectivity index (χ2v) is 7.86. The molecular formula is C23H22N2O6S. The molecular weight excluding hydrogens is 432 g/mol. The molecule has 0 atom stereocenters. The number of hydrogen-bond donors (Lipinski definition) is 1. The lowest BCUT2D eigenvalue weighted by Crippen LogP contribution is -2.21. The Hall–Kier alpha value is -3.72. The number of amides is 1. The lowest BCUT2D eigenvalue weighted by molar-refractivity contribution is -0.384. The molecule has 2 aromatic carbocycles. The Bertz CT molecular complexity index is 1150. The summed E-state index contributed by atoms with van der Waals surface area (Å²) in [7, 11) is 0. The molecule has 0 radical (unpaired) electrons. The predicted molar refractivity (Wildman–Crippen MR) is 122 cm³/mol. The first-order valence-corrected chi connectivity index (χ1v) is 10.7. The average Bonchev–Trinajstić information content (AvgIpc) is 3.16. The van der Waals surface area contributed by atoms with Crippen molar-refractivity contribution >= 4 is 33.9 Å². The molecule has 0 fully saturated rings. The van der Waals surface area contributed by atoms with Crippen LogP contribution >= 0.6 is 11.3 Å². The van der Waals surface area contributed by atoms with Gasteiger partial charge in [-0.25, -0.2) is 4.79 Å². The van der Waals surface area contributed by atoms with E-state index < -0.39 is 16.8 Å². The zero-order valence-electron chi connectivity index (χ0n) is 17.8. The van der Waals surface area contributed by atoms with Crippen LogP contribution in [-0.2, 0) is 9.53 Å². The standard InChI is InChI=1S/C23H22N2O6S/c1-4-30-23(27)21-19(18-10-5-14(2)11-15(18)3)13-32-22(21)24-20(26)12-31-17-8-6-16(7-9-17)25(28)29/h5-11,13H,4,12H2,1-3H3,(H,24,26). The molecule has 0 aliphatic rings. The zero-order valence-corrected chi connectivity index (χ0v) is 18.7. The Morgan fingerprint density at radius 2 is 1.81 bits per heavy atom.